The molecule has 1 aromatic heterocycles. The number of aromatic nitrogens is 2. The second-order valence-corrected chi connectivity index (χ2v) is 6.65. The highest BCUT2D eigenvalue weighted by Gasteiger charge is 2.25. The van der Waals surface area contributed by atoms with Crippen LogP contribution in [0.2, 0.25) is 0 Å². The molecule has 6 heteroatoms. The average molecular weight is 338 g/mol. The molecule has 0 saturated heterocycles. The van der Waals surface area contributed by atoms with Crippen LogP contribution in [0, 0.1) is 0 Å². The van der Waals surface area contributed by atoms with Crippen LogP contribution in [-0.2, 0) is 6.42 Å². The smallest absolute Gasteiger partial charge is 0.272 e. The van der Waals surface area contributed by atoms with Gasteiger partial charge in [-0.15, -0.1) is 0 Å². The molecule has 130 valence electrons. The summed E-state index contributed by atoms with van der Waals surface area (Å²) >= 11 is 0. The van der Waals surface area contributed by atoms with Crippen LogP contribution in [0.1, 0.15) is 76.3 Å². The van der Waals surface area contributed by atoms with E-state index in [1.165, 1.54) is 23.5 Å². The van der Waals surface area contributed by atoms with Gasteiger partial charge in [0, 0.05) is 12.4 Å². The summed E-state index contributed by atoms with van der Waals surface area (Å²) < 4.78 is 0. The average Bonchev–Trinajstić information content (AvgIpc) is 2.61. The highest BCUT2D eigenvalue weighted by atomic mass is 16.2. The zero-order valence-electron chi connectivity index (χ0n) is 14.5. The first-order valence-electron chi connectivity index (χ1n) is 8.51. The van der Waals surface area contributed by atoms with E-state index in [1.807, 2.05) is 0 Å². The van der Waals surface area contributed by atoms with Crippen LogP contribution in [-0.4, -0.2) is 21.8 Å². The third kappa shape index (κ3) is 3.52. The summed E-state index contributed by atoms with van der Waals surface area (Å²) in [6, 6.07) is 6.38. The van der Waals surface area contributed by atoms with Gasteiger partial charge in [-0.2, -0.15) is 0 Å². The molecule has 0 bridgehead atoms. The fourth-order valence-corrected chi connectivity index (χ4v) is 3.24. The SMILES string of the molecule is CC(C)c1ccc2c(c1)[C@H](NC(=O)c1nccnc1C(N)=O)CCC2. The molecule has 1 atom stereocenters. The van der Waals surface area contributed by atoms with Gasteiger partial charge in [0.15, 0.2) is 11.4 Å². The van der Waals surface area contributed by atoms with Crippen molar-refractivity contribution >= 4 is 11.8 Å². The topological polar surface area (TPSA) is 98.0 Å². The van der Waals surface area contributed by atoms with Crippen molar-refractivity contribution in [3.8, 4) is 0 Å². The molecule has 1 aliphatic carbocycles. The van der Waals surface area contributed by atoms with Crippen molar-refractivity contribution in [2.24, 2.45) is 5.73 Å². The second-order valence-electron chi connectivity index (χ2n) is 6.65. The lowest BCUT2D eigenvalue weighted by Crippen LogP contribution is -2.33. The van der Waals surface area contributed by atoms with E-state index in [-0.39, 0.29) is 17.4 Å². The van der Waals surface area contributed by atoms with Gasteiger partial charge in [0.2, 0.25) is 0 Å². The summed E-state index contributed by atoms with van der Waals surface area (Å²) in [6.07, 6.45) is 5.60. The number of benzene rings is 1. The van der Waals surface area contributed by atoms with Gasteiger partial charge in [0.25, 0.3) is 11.8 Å². The number of fused-ring (bicyclic) bond motifs is 1. The first-order valence-corrected chi connectivity index (χ1v) is 8.51. The van der Waals surface area contributed by atoms with Crippen molar-refractivity contribution in [2.75, 3.05) is 0 Å². The van der Waals surface area contributed by atoms with Crippen LogP contribution < -0.4 is 11.1 Å². The molecule has 3 rings (SSSR count). The molecule has 0 unspecified atom stereocenters. The summed E-state index contributed by atoms with van der Waals surface area (Å²) in [6.45, 7) is 4.30. The van der Waals surface area contributed by atoms with Gasteiger partial charge in [0.05, 0.1) is 6.04 Å². The molecule has 2 amide bonds. The van der Waals surface area contributed by atoms with Crippen molar-refractivity contribution in [3.05, 3.63) is 58.7 Å². The van der Waals surface area contributed by atoms with Crippen molar-refractivity contribution in [1.82, 2.24) is 15.3 Å². The molecule has 0 aliphatic heterocycles. The Morgan fingerprint density at radius 3 is 2.60 bits per heavy atom. The van der Waals surface area contributed by atoms with Crippen LogP contribution in [0.4, 0.5) is 0 Å². The van der Waals surface area contributed by atoms with E-state index in [2.05, 4.69) is 47.3 Å². The number of carbonyl (C=O) groups is 2. The van der Waals surface area contributed by atoms with Crippen molar-refractivity contribution in [2.45, 2.75) is 45.1 Å². The van der Waals surface area contributed by atoms with E-state index in [9.17, 15) is 9.59 Å². The van der Waals surface area contributed by atoms with Crippen LogP contribution >= 0.6 is 0 Å². The van der Waals surface area contributed by atoms with Gasteiger partial charge in [0.1, 0.15) is 0 Å². The largest absolute Gasteiger partial charge is 0.364 e. The molecular weight excluding hydrogens is 316 g/mol. The normalized spacial score (nSPS) is 16.4. The first-order chi connectivity index (χ1) is 12.0. The Morgan fingerprint density at radius 2 is 1.92 bits per heavy atom. The molecular formula is C19H22N4O2. The molecule has 0 radical (unpaired) electrons. The van der Waals surface area contributed by atoms with Crippen LogP contribution in [0.25, 0.3) is 0 Å². The van der Waals surface area contributed by atoms with Crippen molar-refractivity contribution in [3.63, 3.8) is 0 Å². The molecule has 25 heavy (non-hydrogen) atoms. The zero-order valence-corrected chi connectivity index (χ0v) is 14.5. The Hall–Kier alpha value is -2.76. The van der Waals surface area contributed by atoms with Crippen molar-refractivity contribution in [1.29, 1.82) is 0 Å². The zero-order chi connectivity index (χ0) is 18.0. The Labute approximate surface area is 146 Å². The Balaban J connectivity index is 1.89. The van der Waals surface area contributed by atoms with Gasteiger partial charge in [-0.05, 0) is 41.9 Å². The van der Waals surface area contributed by atoms with Gasteiger partial charge < -0.3 is 11.1 Å². The molecule has 6 nitrogen and oxygen atoms in total. The summed E-state index contributed by atoms with van der Waals surface area (Å²) in [5.74, 6) is -0.760. The van der Waals surface area contributed by atoms with E-state index in [4.69, 9.17) is 5.73 Å². The molecule has 1 aromatic carbocycles. The number of primary amides is 1. The van der Waals surface area contributed by atoms with E-state index >= 15 is 0 Å². The molecule has 1 heterocycles. The monoisotopic (exact) mass is 338 g/mol. The maximum Gasteiger partial charge on any atom is 0.272 e. The van der Waals surface area contributed by atoms with Gasteiger partial charge in [-0.25, -0.2) is 9.97 Å². The van der Waals surface area contributed by atoms with E-state index in [0.717, 1.165) is 24.8 Å². The fourth-order valence-electron chi connectivity index (χ4n) is 3.24. The number of nitrogens with one attached hydrogen (secondary N) is 1. The minimum atomic E-state index is -0.760. The Kier molecular flexibility index (Phi) is 4.79. The summed E-state index contributed by atoms with van der Waals surface area (Å²) in [7, 11) is 0. The first kappa shape index (κ1) is 17.1. The number of amides is 2. The molecule has 0 spiro atoms. The summed E-state index contributed by atoms with van der Waals surface area (Å²) in [5.41, 5.74) is 8.82. The quantitative estimate of drug-likeness (QED) is 0.895. The Morgan fingerprint density at radius 1 is 1.20 bits per heavy atom. The lowest BCUT2D eigenvalue weighted by molar-refractivity contribution is 0.0911. The standard InChI is InChI=1S/C19H22N4O2/c1-11(2)13-7-6-12-4-3-5-15(14(12)10-13)23-19(25)17-16(18(20)24)21-8-9-22-17/h6-11,15H,3-5H2,1-2H3,(H2,20,24)(H,23,25)/t15-/m1/s1. The summed E-state index contributed by atoms with van der Waals surface area (Å²) in [4.78, 5) is 32.0. The molecule has 3 N–H and O–H groups in total. The Bertz CT molecular complexity index is 817. The number of nitrogens with two attached hydrogens (primary N) is 1. The predicted molar refractivity (Wildman–Crippen MR) is 94.2 cm³/mol. The number of carbonyl (C=O) groups excluding carboxylic acids is 2. The minimum absolute atomic E-state index is 0.0258. The van der Waals surface area contributed by atoms with Crippen molar-refractivity contribution < 1.29 is 9.59 Å². The van der Waals surface area contributed by atoms with Crippen LogP contribution in [0.15, 0.2) is 30.6 Å². The van der Waals surface area contributed by atoms with Gasteiger partial charge in [-0.1, -0.05) is 32.0 Å². The second kappa shape index (κ2) is 7.01. The van der Waals surface area contributed by atoms with Gasteiger partial charge in [-0.3, -0.25) is 9.59 Å². The third-order valence-electron chi connectivity index (χ3n) is 4.60. The predicted octanol–water partition coefficient (Wildman–Crippen LogP) is 2.51. The maximum absolute atomic E-state index is 12.6. The lowest BCUT2D eigenvalue weighted by Gasteiger charge is -2.27. The number of hydrogen-bond acceptors (Lipinski definition) is 4. The number of rotatable bonds is 4. The molecule has 2 aromatic rings. The third-order valence-corrected chi connectivity index (χ3v) is 4.60. The minimum Gasteiger partial charge on any atom is -0.364 e. The van der Waals surface area contributed by atoms with E-state index < -0.39 is 11.8 Å². The highest BCUT2D eigenvalue weighted by Crippen LogP contribution is 2.32. The number of nitrogens with zero attached hydrogens (tertiary/aromatic N) is 2. The maximum atomic E-state index is 12.6. The van der Waals surface area contributed by atoms with E-state index in [0.29, 0.717) is 5.92 Å². The van der Waals surface area contributed by atoms with E-state index in [1.54, 1.807) is 0 Å². The molecule has 0 saturated carbocycles. The van der Waals surface area contributed by atoms with Crippen LogP contribution in [0.3, 0.4) is 0 Å². The molecule has 0 fully saturated rings. The fraction of sp³-hybridized carbons (Fsp3) is 0.368. The molecule has 1 aliphatic rings. The number of hydrogen-bond donors (Lipinski definition) is 2. The van der Waals surface area contributed by atoms with Crippen LogP contribution in [0.5, 0.6) is 0 Å². The number of aryl methyl sites for hydroxylation is 1. The van der Waals surface area contributed by atoms with Gasteiger partial charge >= 0.3 is 0 Å². The summed E-state index contributed by atoms with van der Waals surface area (Å²) in [5, 5.41) is 3.00. The highest BCUT2D eigenvalue weighted by molar-refractivity contribution is 6.04. The lowest BCUT2D eigenvalue weighted by atomic mass is 9.85.